The summed E-state index contributed by atoms with van der Waals surface area (Å²) in [6.07, 6.45) is 5.14. The lowest BCUT2D eigenvalue weighted by Gasteiger charge is -2.02. The Morgan fingerprint density at radius 2 is 2.38 bits per heavy atom. The smallest absolute Gasteiger partial charge is 0.220 e. The van der Waals surface area contributed by atoms with Gasteiger partial charge in [0.05, 0.1) is 3.79 Å². The maximum Gasteiger partial charge on any atom is 0.220 e. The second-order valence-electron chi connectivity index (χ2n) is 3.49. The van der Waals surface area contributed by atoms with E-state index in [-0.39, 0.29) is 5.91 Å². The third-order valence-electron chi connectivity index (χ3n) is 2.13. The summed E-state index contributed by atoms with van der Waals surface area (Å²) in [5.74, 6) is 0.137. The highest BCUT2D eigenvalue weighted by Crippen LogP contribution is 2.23. The van der Waals surface area contributed by atoms with E-state index >= 15 is 0 Å². The zero-order valence-corrected chi connectivity index (χ0v) is 11.6. The molecule has 2 nitrogen and oxygen atoms in total. The fourth-order valence-corrected chi connectivity index (χ4v) is 2.84. The molecule has 0 aliphatic heterocycles. The van der Waals surface area contributed by atoms with Crippen LogP contribution in [0.25, 0.3) is 0 Å². The SMILES string of the molecule is C=CCCNC(=O)CCCc1ccc(Br)s1. The fraction of sp³-hybridized carbons (Fsp3) is 0.417. The molecular formula is C12H16BrNOS. The Morgan fingerprint density at radius 3 is 3.00 bits per heavy atom. The summed E-state index contributed by atoms with van der Waals surface area (Å²) in [5, 5.41) is 2.86. The molecule has 0 saturated carbocycles. The van der Waals surface area contributed by atoms with E-state index in [2.05, 4.69) is 33.9 Å². The maximum absolute atomic E-state index is 11.4. The van der Waals surface area contributed by atoms with E-state index in [4.69, 9.17) is 0 Å². The second-order valence-corrected chi connectivity index (χ2v) is 6.03. The summed E-state index contributed by atoms with van der Waals surface area (Å²) in [4.78, 5) is 12.7. The van der Waals surface area contributed by atoms with Crippen LogP contribution < -0.4 is 5.32 Å². The van der Waals surface area contributed by atoms with Gasteiger partial charge in [-0.3, -0.25) is 4.79 Å². The van der Waals surface area contributed by atoms with E-state index in [0.29, 0.717) is 13.0 Å². The minimum atomic E-state index is 0.137. The topological polar surface area (TPSA) is 29.1 Å². The van der Waals surface area contributed by atoms with Crippen LogP contribution in [0.4, 0.5) is 0 Å². The van der Waals surface area contributed by atoms with Gasteiger partial charge in [-0.2, -0.15) is 0 Å². The van der Waals surface area contributed by atoms with Crippen molar-refractivity contribution < 1.29 is 4.79 Å². The Labute approximate surface area is 109 Å². The van der Waals surface area contributed by atoms with E-state index in [9.17, 15) is 4.79 Å². The maximum atomic E-state index is 11.4. The first kappa shape index (κ1) is 13.5. The largest absolute Gasteiger partial charge is 0.356 e. The van der Waals surface area contributed by atoms with Gasteiger partial charge in [-0.25, -0.2) is 0 Å². The molecular weight excluding hydrogens is 286 g/mol. The summed E-state index contributed by atoms with van der Waals surface area (Å²) >= 11 is 5.16. The van der Waals surface area contributed by atoms with Crippen molar-refractivity contribution in [1.29, 1.82) is 0 Å². The summed E-state index contributed by atoms with van der Waals surface area (Å²) < 4.78 is 1.15. The van der Waals surface area contributed by atoms with Crippen molar-refractivity contribution in [3.8, 4) is 0 Å². The van der Waals surface area contributed by atoms with Gasteiger partial charge >= 0.3 is 0 Å². The molecule has 0 aliphatic carbocycles. The highest BCUT2D eigenvalue weighted by Gasteiger charge is 2.02. The molecule has 1 heterocycles. The van der Waals surface area contributed by atoms with Gasteiger partial charge in [0.2, 0.25) is 5.91 Å². The number of hydrogen-bond acceptors (Lipinski definition) is 2. The van der Waals surface area contributed by atoms with Gasteiger partial charge in [0.25, 0.3) is 0 Å². The first-order chi connectivity index (χ1) is 7.72. The number of nitrogens with one attached hydrogen (secondary N) is 1. The molecule has 1 aromatic rings. The minimum absolute atomic E-state index is 0.137. The molecule has 1 rings (SSSR count). The van der Waals surface area contributed by atoms with Crippen LogP contribution in [0, 0.1) is 0 Å². The highest BCUT2D eigenvalue weighted by molar-refractivity contribution is 9.11. The van der Waals surface area contributed by atoms with Gasteiger partial charge in [-0.05, 0) is 47.3 Å². The molecule has 1 N–H and O–H groups in total. The lowest BCUT2D eigenvalue weighted by Crippen LogP contribution is -2.23. The van der Waals surface area contributed by atoms with Crippen molar-refractivity contribution in [2.45, 2.75) is 25.7 Å². The van der Waals surface area contributed by atoms with E-state index in [1.54, 1.807) is 11.3 Å². The second kappa shape index (κ2) is 7.63. The van der Waals surface area contributed by atoms with Gasteiger partial charge < -0.3 is 5.32 Å². The molecule has 0 bridgehead atoms. The van der Waals surface area contributed by atoms with E-state index < -0.39 is 0 Å². The van der Waals surface area contributed by atoms with Crippen LogP contribution in [-0.2, 0) is 11.2 Å². The summed E-state index contributed by atoms with van der Waals surface area (Å²) in [7, 11) is 0. The standard InChI is InChI=1S/C12H16BrNOS/c1-2-3-9-14-12(15)6-4-5-10-7-8-11(13)16-10/h2,7-8H,1,3-6,9H2,(H,14,15). The molecule has 0 aromatic carbocycles. The number of thiophene rings is 1. The Morgan fingerprint density at radius 1 is 1.56 bits per heavy atom. The number of halogens is 1. The van der Waals surface area contributed by atoms with Crippen LogP contribution in [-0.4, -0.2) is 12.5 Å². The van der Waals surface area contributed by atoms with Gasteiger partial charge in [0, 0.05) is 17.8 Å². The van der Waals surface area contributed by atoms with Crippen molar-refractivity contribution in [1.82, 2.24) is 5.32 Å². The van der Waals surface area contributed by atoms with Crippen molar-refractivity contribution in [2.24, 2.45) is 0 Å². The first-order valence-electron chi connectivity index (χ1n) is 5.34. The zero-order valence-electron chi connectivity index (χ0n) is 9.17. The van der Waals surface area contributed by atoms with E-state index in [1.165, 1.54) is 4.88 Å². The Hall–Kier alpha value is -0.610. The van der Waals surface area contributed by atoms with Gasteiger partial charge in [-0.1, -0.05) is 6.08 Å². The molecule has 0 radical (unpaired) electrons. The molecule has 0 unspecified atom stereocenters. The molecule has 0 saturated heterocycles. The lowest BCUT2D eigenvalue weighted by molar-refractivity contribution is -0.121. The molecule has 1 aromatic heterocycles. The van der Waals surface area contributed by atoms with Gasteiger partial charge in [0.1, 0.15) is 0 Å². The van der Waals surface area contributed by atoms with Crippen molar-refractivity contribution >= 4 is 33.2 Å². The van der Waals surface area contributed by atoms with E-state index in [0.717, 1.165) is 23.0 Å². The number of carbonyl (C=O) groups excluding carboxylic acids is 1. The lowest BCUT2D eigenvalue weighted by atomic mass is 10.2. The predicted molar refractivity (Wildman–Crippen MR) is 72.8 cm³/mol. The molecule has 88 valence electrons. The molecule has 1 amide bonds. The Bertz CT molecular complexity index is 349. The normalized spacial score (nSPS) is 10.1. The third-order valence-corrected chi connectivity index (χ3v) is 3.81. The van der Waals surface area contributed by atoms with Crippen LogP contribution in [0.1, 0.15) is 24.1 Å². The number of carbonyl (C=O) groups is 1. The summed E-state index contributed by atoms with van der Waals surface area (Å²) in [5.41, 5.74) is 0. The van der Waals surface area contributed by atoms with Gasteiger partial charge in [-0.15, -0.1) is 17.9 Å². The monoisotopic (exact) mass is 301 g/mol. The fourth-order valence-electron chi connectivity index (χ4n) is 1.31. The van der Waals surface area contributed by atoms with Crippen LogP contribution in [0.2, 0.25) is 0 Å². The highest BCUT2D eigenvalue weighted by atomic mass is 79.9. The quantitative estimate of drug-likeness (QED) is 0.606. The third kappa shape index (κ3) is 5.47. The van der Waals surface area contributed by atoms with Crippen molar-refractivity contribution in [3.63, 3.8) is 0 Å². The Kier molecular flexibility index (Phi) is 6.42. The van der Waals surface area contributed by atoms with Crippen molar-refractivity contribution in [3.05, 3.63) is 33.5 Å². The molecule has 0 aliphatic rings. The molecule has 0 atom stereocenters. The van der Waals surface area contributed by atoms with Crippen LogP contribution >= 0.6 is 27.3 Å². The molecule has 16 heavy (non-hydrogen) atoms. The van der Waals surface area contributed by atoms with Crippen LogP contribution in [0.5, 0.6) is 0 Å². The minimum Gasteiger partial charge on any atom is -0.356 e. The predicted octanol–water partition coefficient (Wildman–Crippen LogP) is 3.53. The Balaban J connectivity index is 2.10. The number of amides is 1. The van der Waals surface area contributed by atoms with Crippen LogP contribution in [0.15, 0.2) is 28.6 Å². The zero-order chi connectivity index (χ0) is 11.8. The average molecular weight is 302 g/mol. The molecule has 0 spiro atoms. The average Bonchev–Trinajstić information content (AvgIpc) is 2.65. The van der Waals surface area contributed by atoms with Crippen LogP contribution in [0.3, 0.4) is 0 Å². The number of hydrogen-bond donors (Lipinski definition) is 1. The summed E-state index contributed by atoms with van der Waals surface area (Å²) in [6, 6.07) is 4.15. The van der Waals surface area contributed by atoms with E-state index in [1.807, 2.05) is 12.1 Å². The number of rotatable bonds is 7. The molecule has 4 heteroatoms. The summed E-state index contributed by atoms with van der Waals surface area (Å²) in [6.45, 7) is 4.31. The molecule has 0 fully saturated rings. The first-order valence-corrected chi connectivity index (χ1v) is 6.95. The van der Waals surface area contributed by atoms with Gasteiger partial charge in [0.15, 0.2) is 0 Å². The van der Waals surface area contributed by atoms with Crippen molar-refractivity contribution in [2.75, 3.05) is 6.54 Å². The number of aryl methyl sites for hydroxylation is 1.